The van der Waals surface area contributed by atoms with Crippen LogP contribution in [0.4, 0.5) is 5.69 Å². The molecule has 2 rings (SSSR count). The largest absolute Gasteiger partial charge is 0.462 e. The number of aliphatic hydroxyl groups excluding tert-OH is 1. The van der Waals surface area contributed by atoms with Gasteiger partial charge in [0.25, 0.3) is 0 Å². The fourth-order valence-corrected chi connectivity index (χ4v) is 3.31. The van der Waals surface area contributed by atoms with Gasteiger partial charge in [0.2, 0.25) is 0 Å². The van der Waals surface area contributed by atoms with Crippen molar-refractivity contribution >= 4 is 27.6 Å². The van der Waals surface area contributed by atoms with Crippen LogP contribution in [-0.4, -0.2) is 36.2 Å². The Morgan fingerprint density at radius 3 is 2.59 bits per heavy atom. The Bertz CT molecular complexity index is 738. The molecule has 27 heavy (non-hydrogen) atoms. The fourth-order valence-electron chi connectivity index (χ4n) is 2.80. The molecule has 6 heteroatoms. The van der Waals surface area contributed by atoms with Gasteiger partial charge in [0.1, 0.15) is 0 Å². The molecule has 0 aliphatic carbocycles. The molecule has 0 saturated carbocycles. The summed E-state index contributed by atoms with van der Waals surface area (Å²) in [7, 11) is 2.02. The smallest absolute Gasteiger partial charge is 0.338 e. The van der Waals surface area contributed by atoms with Crippen LogP contribution in [0, 0.1) is 0 Å². The van der Waals surface area contributed by atoms with Crippen LogP contribution >= 0.6 is 15.9 Å². The van der Waals surface area contributed by atoms with Crippen molar-refractivity contribution in [3.63, 3.8) is 0 Å². The van der Waals surface area contributed by atoms with Crippen molar-refractivity contribution in [2.24, 2.45) is 0 Å². The van der Waals surface area contributed by atoms with Crippen molar-refractivity contribution in [2.45, 2.75) is 32.4 Å². The molecule has 0 unspecified atom stereocenters. The van der Waals surface area contributed by atoms with Crippen LogP contribution < -0.4 is 5.73 Å². The third-order valence-corrected chi connectivity index (χ3v) is 4.88. The van der Waals surface area contributed by atoms with Gasteiger partial charge >= 0.3 is 5.97 Å². The molecule has 2 aromatic rings. The van der Waals surface area contributed by atoms with Crippen LogP contribution in [0.2, 0.25) is 0 Å². The van der Waals surface area contributed by atoms with Crippen LogP contribution in [-0.2, 0) is 17.8 Å². The predicted octanol–water partition coefficient (Wildman–Crippen LogP) is 3.98. The standard InChI is InChI=1S/C21H27BrN2O3/c1-24(14-16-8-4-2-5-9-16)15-18-12-17(13-19(22)20(18)23)21(26)27-11-7-3-6-10-25/h2,4-5,8-9,12-13,25H,3,6-7,10-11,14-15,23H2,1H3. The maximum atomic E-state index is 12.3. The maximum absolute atomic E-state index is 12.3. The lowest BCUT2D eigenvalue weighted by Gasteiger charge is -2.19. The normalized spacial score (nSPS) is 11.0. The predicted molar refractivity (Wildman–Crippen MR) is 111 cm³/mol. The van der Waals surface area contributed by atoms with E-state index >= 15 is 0 Å². The molecule has 0 bridgehead atoms. The van der Waals surface area contributed by atoms with Crippen molar-refractivity contribution in [2.75, 3.05) is 26.0 Å². The van der Waals surface area contributed by atoms with E-state index in [-0.39, 0.29) is 12.6 Å². The zero-order valence-corrected chi connectivity index (χ0v) is 17.2. The highest BCUT2D eigenvalue weighted by atomic mass is 79.9. The van der Waals surface area contributed by atoms with Gasteiger partial charge in [0, 0.05) is 24.2 Å². The number of aliphatic hydroxyl groups is 1. The number of carbonyl (C=O) groups excluding carboxylic acids is 1. The Kier molecular flexibility index (Phi) is 8.78. The van der Waals surface area contributed by atoms with Crippen molar-refractivity contribution in [1.29, 1.82) is 0 Å². The summed E-state index contributed by atoms with van der Waals surface area (Å²) in [5, 5.41) is 8.78. The summed E-state index contributed by atoms with van der Waals surface area (Å²) in [5.74, 6) is -0.355. The molecule has 0 amide bonds. The molecule has 0 spiro atoms. The number of anilines is 1. The van der Waals surface area contributed by atoms with Gasteiger partial charge in [-0.15, -0.1) is 0 Å². The quantitative estimate of drug-likeness (QED) is 0.336. The van der Waals surface area contributed by atoms with E-state index in [0.29, 0.717) is 28.9 Å². The Hall–Kier alpha value is -1.89. The Labute approximate surface area is 169 Å². The summed E-state index contributed by atoms with van der Waals surface area (Å²) in [6, 6.07) is 13.7. The third kappa shape index (κ3) is 6.97. The molecule has 0 aromatic heterocycles. The van der Waals surface area contributed by atoms with Gasteiger partial charge in [-0.2, -0.15) is 0 Å². The van der Waals surface area contributed by atoms with E-state index < -0.39 is 0 Å². The van der Waals surface area contributed by atoms with Gasteiger partial charge in [-0.3, -0.25) is 4.90 Å². The van der Waals surface area contributed by atoms with Gasteiger partial charge < -0.3 is 15.6 Å². The first kappa shape index (κ1) is 21.4. The molecule has 0 radical (unpaired) electrons. The number of carbonyl (C=O) groups is 1. The summed E-state index contributed by atoms with van der Waals surface area (Å²) in [5.41, 5.74) is 9.42. The minimum atomic E-state index is -0.355. The van der Waals surface area contributed by atoms with E-state index in [0.717, 1.165) is 31.4 Å². The molecule has 0 atom stereocenters. The van der Waals surface area contributed by atoms with Crippen LogP contribution in [0.25, 0.3) is 0 Å². The summed E-state index contributed by atoms with van der Waals surface area (Å²) in [6.45, 7) is 1.93. The molecule has 5 nitrogen and oxygen atoms in total. The number of benzene rings is 2. The van der Waals surface area contributed by atoms with E-state index in [1.54, 1.807) is 12.1 Å². The molecule has 0 saturated heterocycles. The van der Waals surface area contributed by atoms with Gasteiger partial charge in [-0.25, -0.2) is 4.79 Å². The number of unbranched alkanes of at least 4 members (excludes halogenated alkanes) is 2. The average molecular weight is 435 g/mol. The van der Waals surface area contributed by atoms with Crippen molar-refractivity contribution in [3.05, 3.63) is 63.6 Å². The van der Waals surface area contributed by atoms with Crippen molar-refractivity contribution < 1.29 is 14.6 Å². The second kappa shape index (κ2) is 11.1. The van der Waals surface area contributed by atoms with Crippen molar-refractivity contribution in [1.82, 2.24) is 4.90 Å². The number of nitrogen functional groups attached to an aromatic ring is 1. The number of esters is 1. The third-order valence-electron chi connectivity index (χ3n) is 4.22. The molecule has 0 fully saturated rings. The van der Waals surface area contributed by atoms with Gasteiger partial charge in [-0.1, -0.05) is 30.3 Å². The number of hydrogen-bond acceptors (Lipinski definition) is 5. The van der Waals surface area contributed by atoms with E-state index in [2.05, 4.69) is 33.0 Å². The van der Waals surface area contributed by atoms with Crippen molar-refractivity contribution in [3.8, 4) is 0 Å². The van der Waals surface area contributed by atoms with Gasteiger partial charge in [0.15, 0.2) is 0 Å². The number of hydrogen-bond donors (Lipinski definition) is 2. The SMILES string of the molecule is CN(Cc1ccccc1)Cc1cc(C(=O)OCCCCCO)cc(Br)c1N. The van der Waals surface area contributed by atoms with Crippen LogP contribution in [0.3, 0.4) is 0 Å². The minimum Gasteiger partial charge on any atom is -0.462 e. The van der Waals surface area contributed by atoms with E-state index in [1.807, 2.05) is 25.2 Å². The molecule has 2 aromatic carbocycles. The zero-order valence-electron chi connectivity index (χ0n) is 15.7. The number of rotatable bonds is 10. The average Bonchev–Trinajstić information content (AvgIpc) is 2.65. The molecule has 146 valence electrons. The van der Waals surface area contributed by atoms with E-state index in [4.69, 9.17) is 15.6 Å². The second-order valence-corrected chi connectivity index (χ2v) is 7.46. The maximum Gasteiger partial charge on any atom is 0.338 e. The van der Waals surface area contributed by atoms with Crippen LogP contribution in [0.15, 0.2) is 46.9 Å². The summed E-state index contributed by atoms with van der Waals surface area (Å²) in [6.07, 6.45) is 2.31. The lowest BCUT2D eigenvalue weighted by molar-refractivity contribution is 0.0496. The first-order valence-corrected chi connectivity index (χ1v) is 9.89. The molecule has 3 N–H and O–H groups in total. The highest BCUT2D eigenvalue weighted by molar-refractivity contribution is 9.10. The van der Waals surface area contributed by atoms with Crippen LogP contribution in [0.5, 0.6) is 0 Å². The molecule has 0 aliphatic heterocycles. The molecular formula is C21H27BrN2O3. The Balaban J connectivity index is 2.00. The Morgan fingerprint density at radius 2 is 1.89 bits per heavy atom. The lowest BCUT2D eigenvalue weighted by atomic mass is 10.1. The Morgan fingerprint density at radius 1 is 1.15 bits per heavy atom. The molecule has 0 heterocycles. The highest BCUT2D eigenvalue weighted by Crippen LogP contribution is 2.27. The fraction of sp³-hybridized carbons (Fsp3) is 0.381. The number of ether oxygens (including phenoxy) is 1. The van der Waals surface area contributed by atoms with E-state index in [1.165, 1.54) is 5.56 Å². The second-order valence-electron chi connectivity index (χ2n) is 6.61. The molecular weight excluding hydrogens is 408 g/mol. The van der Waals surface area contributed by atoms with Gasteiger partial charge in [-0.05, 0) is 65.5 Å². The number of halogens is 1. The minimum absolute atomic E-state index is 0.165. The lowest BCUT2D eigenvalue weighted by Crippen LogP contribution is -2.19. The summed E-state index contributed by atoms with van der Waals surface area (Å²) >= 11 is 3.45. The number of nitrogens with two attached hydrogens (primary N) is 1. The first-order chi connectivity index (χ1) is 13.0. The van der Waals surface area contributed by atoms with Crippen LogP contribution in [0.1, 0.15) is 40.7 Å². The zero-order chi connectivity index (χ0) is 19.6. The van der Waals surface area contributed by atoms with Gasteiger partial charge in [0.05, 0.1) is 17.9 Å². The first-order valence-electron chi connectivity index (χ1n) is 9.09. The summed E-state index contributed by atoms with van der Waals surface area (Å²) < 4.78 is 6.02. The highest BCUT2D eigenvalue weighted by Gasteiger charge is 2.14. The topological polar surface area (TPSA) is 75.8 Å². The number of nitrogens with zero attached hydrogens (tertiary/aromatic N) is 1. The monoisotopic (exact) mass is 434 g/mol. The summed E-state index contributed by atoms with van der Waals surface area (Å²) in [4.78, 5) is 14.5. The van der Waals surface area contributed by atoms with E-state index in [9.17, 15) is 4.79 Å². The molecule has 0 aliphatic rings.